The number of aliphatic hydroxyl groups excluding tert-OH is 1. The largest absolute Gasteiger partial charge is 0.395 e. The summed E-state index contributed by atoms with van der Waals surface area (Å²) in [5.41, 5.74) is 0. The lowest BCUT2D eigenvalue weighted by Crippen LogP contribution is -2.34. The van der Waals surface area contributed by atoms with Gasteiger partial charge in [-0.3, -0.25) is 9.48 Å². The summed E-state index contributed by atoms with van der Waals surface area (Å²) in [6.07, 6.45) is 5.26. The molecule has 6 heteroatoms. The normalized spacial score (nSPS) is 10.1. The van der Waals surface area contributed by atoms with Crippen LogP contribution in [0.15, 0.2) is 25.0 Å². The van der Waals surface area contributed by atoms with Gasteiger partial charge in [0, 0.05) is 25.7 Å². The van der Waals surface area contributed by atoms with Gasteiger partial charge in [0.1, 0.15) is 0 Å². The lowest BCUT2D eigenvalue weighted by atomic mass is 10.3. The molecule has 0 spiro atoms. The van der Waals surface area contributed by atoms with Gasteiger partial charge in [0.15, 0.2) is 0 Å². The molecule has 0 saturated carbocycles. The van der Waals surface area contributed by atoms with Gasteiger partial charge in [-0.25, -0.2) is 0 Å². The molecule has 1 aromatic rings. The molecule has 0 aliphatic heterocycles. The van der Waals surface area contributed by atoms with E-state index < -0.39 is 0 Å². The first-order valence-electron chi connectivity index (χ1n) is 5.11. The highest BCUT2D eigenvalue weighted by atomic mass is 16.3. The van der Waals surface area contributed by atoms with Crippen molar-refractivity contribution in [2.24, 2.45) is 0 Å². The summed E-state index contributed by atoms with van der Waals surface area (Å²) < 4.78 is 1.60. The average molecular weight is 224 g/mol. The van der Waals surface area contributed by atoms with Gasteiger partial charge in [-0.2, -0.15) is 0 Å². The van der Waals surface area contributed by atoms with E-state index in [1.54, 1.807) is 28.1 Å². The van der Waals surface area contributed by atoms with Crippen molar-refractivity contribution in [1.82, 2.24) is 19.9 Å². The Balaban J connectivity index is 2.39. The maximum absolute atomic E-state index is 11.7. The summed E-state index contributed by atoms with van der Waals surface area (Å²) in [6, 6.07) is 0. The lowest BCUT2D eigenvalue weighted by Gasteiger charge is -2.19. The van der Waals surface area contributed by atoms with E-state index in [0.717, 1.165) is 0 Å². The minimum atomic E-state index is -0.0388. The van der Waals surface area contributed by atoms with Crippen LogP contribution in [0.2, 0.25) is 0 Å². The van der Waals surface area contributed by atoms with Crippen LogP contribution in [0.3, 0.4) is 0 Å². The van der Waals surface area contributed by atoms with Crippen LogP contribution in [-0.2, 0) is 11.3 Å². The zero-order chi connectivity index (χ0) is 11.8. The molecule has 0 saturated heterocycles. The maximum atomic E-state index is 11.7. The van der Waals surface area contributed by atoms with Crippen LogP contribution in [-0.4, -0.2) is 50.6 Å². The highest BCUT2D eigenvalue weighted by molar-refractivity contribution is 5.76. The van der Waals surface area contributed by atoms with Gasteiger partial charge in [-0.05, 0) is 0 Å². The first-order valence-corrected chi connectivity index (χ1v) is 5.11. The predicted octanol–water partition coefficient (Wildman–Crippen LogP) is -0.325. The van der Waals surface area contributed by atoms with Crippen molar-refractivity contribution in [2.75, 3.05) is 19.7 Å². The fourth-order valence-corrected chi connectivity index (χ4v) is 1.31. The molecule has 0 atom stereocenters. The van der Waals surface area contributed by atoms with E-state index in [2.05, 4.69) is 16.9 Å². The molecular formula is C10H16N4O2. The Morgan fingerprint density at radius 3 is 3.00 bits per heavy atom. The van der Waals surface area contributed by atoms with Crippen LogP contribution in [0, 0.1) is 0 Å². The number of aromatic nitrogens is 3. The number of carbonyl (C=O) groups is 1. The smallest absolute Gasteiger partial charge is 0.224 e. The third-order valence-electron chi connectivity index (χ3n) is 2.10. The molecule has 0 radical (unpaired) electrons. The van der Waals surface area contributed by atoms with Crippen LogP contribution in [0.1, 0.15) is 6.42 Å². The zero-order valence-corrected chi connectivity index (χ0v) is 9.12. The summed E-state index contributed by atoms with van der Waals surface area (Å²) in [7, 11) is 0. The van der Waals surface area contributed by atoms with Crippen LogP contribution in [0.25, 0.3) is 0 Å². The second kappa shape index (κ2) is 6.73. The van der Waals surface area contributed by atoms with Crippen LogP contribution in [0.4, 0.5) is 0 Å². The number of hydrogen-bond donors (Lipinski definition) is 1. The first kappa shape index (κ1) is 12.4. The number of nitrogens with zero attached hydrogens (tertiary/aromatic N) is 4. The van der Waals surface area contributed by atoms with Crippen molar-refractivity contribution in [3.63, 3.8) is 0 Å². The molecule has 0 fully saturated rings. The van der Waals surface area contributed by atoms with Gasteiger partial charge >= 0.3 is 0 Å². The monoisotopic (exact) mass is 224 g/mol. The van der Waals surface area contributed by atoms with Gasteiger partial charge in [-0.1, -0.05) is 11.3 Å². The summed E-state index contributed by atoms with van der Waals surface area (Å²) in [6.45, 7) is 4.82. The molecule has 1 aromatic heterocycles. The Morgan fingerprint density at radius 2 is 2.44 bits per heavy atom. The van der Waals surface area contributed by atoms with Crippen molar-refractivity contribution < 1.29 is 9.90 Å². The molecule has 1 N–H and O–H groups in total. The van der Waals surface area contributed by atoms with E-state index in [9.17, 15) is 4.79 Å². The number of aryl methyl sites for hydroxylation is 1. The molecule has 0 bridgehead atoms. The molecular weight excluding hydrogens is 208 g/mol. The van der Waals surface area contributed by atoms with Gasteiger partial charge < -0.3 is 10.0 Å². The van der Waals surface area contributed by atoms with E-state index >= 15 is 0 Å². The van der Waals surface area contributed by atoms with Crippen molar-refractivity contribution in [3.05, 3.63) is 25.0 Å². The van der Waals surface area contributed by atoms with E-state index in [1.807, 2.05) is 0 Å². The molecule has 0 aliphatic rings. The molecule has 1 amide bonds. The van der Waals surface area contributed by atoms with Crippen LogP contribution >= 0.6 is 0 Å². The van der Waals surface area contributed by atoms with Gasteiger partial charge in [0.25, 0.3) is 0 Å². The fraction of sp³-hybridized carbons (Fsp3) is 0.500. The summed E-state index contributed by atoms with van der Waals surface area (Å²) in [5, 5.41) is 16.2. The fourth-order valence-electron chi connectivity index (χ4n) is 1.31. The molecule has 88 valence electrons. The molecule has 0 unspecified atom stereocenters. The van der Waals surface area contributed by atoms with Crippen LogP contribution in [0.5, 0.6) is 0 Å². The number of aliphatic hydroxyl groups is 1. The quantitative estimate of drug-likeness (QED) is 0.644. The molecule has 6 nitrogen and oxygen atoms in total. The van der Waals surface area contributed by atoms with Crippen molar-refractivity contribution in [1.29, 1.82) is 0 Å². The number of carbonyl (C=O) groups excluding carboxylic acids is 1. The number of hydrogen-bond acceptors (Lipinski definition) is 4. The van der Waals surface area contributed by atoms with Gasteiger partial charge in [-0.15, -0.1) is 11.7 Å². The Bertz CT molecular complexity index is 324. The maximum Gasteiger partial charge on any atom is 0.224 e. The van der Waals surface area contributed by atoms with Crippen molar-refractivity contribution >= 4 is 5.91 Å². The average Bonchev–Trinajstić information content (AvgIpc) is 2.78. The minimum absolute atomic E-state index is 0.0237. The molecule has 16 heavy (non-hydrogen) atoms. The lowest BCUT2D eigenvalue weighted by molar-refractivity contribution is -0.131. The number of rotatable bonds is 7. The molecule has 1 heterocycles. The third-order valence-corrected chi connectivity index (χ3v) is 2.10. The second-order valence-electron chi connectivity index (χ2n) is 3.27. The highest BCUT2D eigenvalue weighted by Crippen LogP contribution is 1.97. The summed E-state index contributed by atoms with van der Waals surface area (Å²) in [5.74, 6) is -0.0237. The second-order valence-corrected chi connectivity index (χ2v) is 3.27. The highest BCUT2D eigenvalue weighted by Gasteiger charge is 2.11. The van der Waals surface area contributed by atoms with Gasteiger partial charge in [0.2, 0.25) is 5.91 Å². The molecule has 1 rings (SSSR count). The minimum Gasteiger partial charge on any atom is -0.395 e. The summed E-state index contributed by atoms with van der Waals surface area (Å²) >= 11 is 0. The van der Waals surface area contributed by atoms with Crippen LogP contribution < -0.4 is 0 Å². The molecule has 0 aromatic carbocycles. The summed E-state index contributed by atoms with van der Waals surface area (Å²) in [4.78, 5) is 13.3. The Hall–Kier alpha value is -1.69. The van der Waals surface area contributed by atoms with E-state index in [0.29, 0.717) is 26.1 Å². The van der Waals surface area contributed by atoms with E-state index in [-0.39, 0.29) is 12.5 Å². The SMILES string of the molecule is C=CCN(CCO)C(=O)CCn1ccnn1. The Labute approximate surface area is 94.2 Å². The predicted molar refractivity (Wildman–Crippen MR) is 58.5 cm³/mol. The van der Waals surface area contributed by atoms with E-state index in [4.69, 9.17) is 5.11 Å². The zero-order valence-electron chi connectivity index (χ0n) is 9.12. The van der Waals surface area contributed by atoms with Crippen molar-refractivity contribution in [2.45, 2.75) is 13.0 Å². The Kier molecular flexibility index (Phi) is 5.21. The van der Waals surface area contributed by atoms with Crippen molar-refractivity contribution in [3.8, 4) is 0 Å². The van der Waals surface area contributed by atoms with Gasteiger partial charge in [0.05, 0.1) is 19.3 Å². The first-order chi connectivity index (χ1) is 7.77. The Morgan fingerprint density at radius 1 is 1.62 bits per heavy atom. The van der Waals surface area contributed by atoms with E-state index in [1.165, 1.54) is 0 Å². The third kappa shape index (κ3) is 3.82. The molecule has 0 aliphatic carbocycles. The topological polar surface area (TPSA) is 71.2 Å². The number of amides is 1. The standard InChI is InChI=1S/C10H16N4O2/c1-2-5-13(8-9-15)10(16)3-6-14-7-4-11-12-14/h2,4,7,15H,1,3,5-6,8-9H2.